The highest BCUT2D eigenvalue weighted by molar-refractivity contribution is 5.94. The van der Waals surface area contributed by atoms with Crippen LogP contribution in [0.3, 0.4) is 0 Å². The molecule has 2 aromatic heterocycles. The normalized spacial score (nSPS) is 10.6. The van der Waals surface area contributed by atoms with Crippen molar-refractivity contribution in [2.45, 2.75) is 26.3 Å². The third-order valence-electron chi connectivity index (χ3n) is 3.41. The summed E-state index contributed by atoms with van der Waals surface area (Å²) in [7, 11) is 1.38. The highest BCUT2D eigenvalue weighted by Crippen LogP contribution is 2.20. The molecule has 0 aliphatic carbocycles. The summed E-state index contributed by atoms with van der Waals surface area (Å²) in [5.74, 6) is -0.244. The number of alkyl halides is 2. The first-order valence-corrected chi connectivity index (χ1v) is 8.06. The number of pyridine rings is 2. The maximum atomic E-state index is 12.3. The molecule has 2 aromatic rings. The van der Waals surface area contributed by atoms with Crippen LogP contribution in [0.1, 0.15) is 28.5 Å². The van der Waals surface area contributed by atoms with Crippen LogP contribution < -0.4 is 14.8 Å². The second kappa shape index (κ2) is 9.56. The van der Waals surface area contributed by atoms with E-state index in [9.17, 15) is 18.4 Å². The van der Waals surface area contributed by atoms with E-state index in [-0.39, 0.29) is 36.4 Å². The van der Waals surface area contributed by atoms with E-state index in [2.05, 4.69) is 15.3 Å². The second-order valence-corrected chi connectivity index (χ2v) is 5.62. The van der Waals surface area contributed by atoms with Crippen LogP contribution in [0.15, 0.2) is 30.5 Å². The van der Waals surface area contributed by atoms with E-state index in [4.69, 9.17) is 9.47 Å². The minimum atomic E-state index is -2.61. The Bertz CT molecular complexity index is 815. The lowest BCUT2D eigenvalue weighted by Gasteiger charge is -2.11. The second-order valence-electron chi connectivity index (χ2n) is 5.62. The molecule has 2 rings (SSSR count). The summed E-state index contributed by atoms with van der Waals surface area (Å²) in [6.07, 6.45) is -0.992. The van der Waals surface area contributed by atoms with Gasteiger partial charge in [0.2, 0.25) is 11.8 Å². The number of methoxy groups -OCH3 is 1. The quantitative estimate of drug-likeness (QED) is 0.718. The summed E-state index contributed by atoms with van der Waals surface area (Å²) < 4.78 is 34.4. The maximum Gasteiger partial charge on any atom is 0.272 e. The Kier molecular flexibility index (Phi) is 7.16. The number of amides is 1. The molecular formula is C18H19F2N3O4. The van der Waals surface area contributed by atoms with Gasteiger partial charge in [0, 0.05) is 42.0 Å². The summed E-state index contributed by atoms with van der Waals surface area (Å²) in [5.41, 5.74) is 1.42. The molecule has 27 heavy (non-hydrogen) atoms. The van der Waals surface area contributed by atoms with Crippen molar-refractivity contribution >= 4 is 11.7 Å². The van der Waals surface area contributed by atoms with Gasteiger partial charge in [0.05, 0.1) is 7.11 Å². The number of ether oxygens (including phenoxy) is 2. The Morgan fingerprint density at radius 1 is 1.26 bits per heavy atom. The lowest BCUT2D eigenvalue weighted by atomic mass is 10.1. The zero-order valence-corrected chi connectivity index (χ0v) is 14.9. The van der Waals surface area contributed by atoms with Gasteiger partial charge in [0.1, 0.15) is 5.78 Å². The SMILES string of the molecule is COc1nc(OCC(F)F)ccc1CNC(=O)c1ccnc(CC(C)=O)c1. The molecule has 0 atom stereocenters. The molecular weight excluding hydrogens is 360 g/mol. The van der Waals surface area contributed by atoms with E-state index in [0.29, 0.717) is 16.8 Å². The molecule has 0 spiro atoms. The van der Waals surface area contributed by atoms with E-state index in [1.54, 1.807) is 12.1 Å². The van der Waals surface area contributed by atoms with Crippen LogP contribution in [0.2, 0.25) is 0 Å². The van der Waals surface area contributed by atoms with Crippen molar-refractivity contribution in [3.63, 3.8) is 0 Å². The van der Waals surface area contributed by atoms with Crippen LogP contribution in [0, 0.1) is 0 Å². The highest BCUT2D eigenvalue weighted by atomic mass is 19.3. The third kappa shape index (κ3) is 6.28. The number of ketones is 1. The molecule has 0 saturated heterocycles. The number of aromatic nitrogens is 2. The van der Waals surface area contributed by atoms with Crippen molar-refractivity contribution in [1.29, 1.82) is 0 Å². The van der Waals surface area contributed by atoms with Crippen LogP contribution in [0.4, 0.5) is 8.78 Å². The van der Waals surface area contributed by atoms with Crippen molar-refractivity contribution in [3.8, 4) is 11.8 Å². The zero-order valence-electron chi connectivity index (χ0n) is 14.9. The van der Waals surface area contributed by atoms with Gasteiger partial charge in [-0.3, -0.25) is 14.6 Å². The largest absolute Gasteiger partial charge is 0.481 e. The van der Waals surface area contributed by atoms with Gasteiger partial charge in [-0.05, 0) is 25.1 Å². The fourth-order valence-electron chi connectivity index (χ4n) is 2.24. The van der Waals surface area contributed by atoms with Crippen molar-refractivity contribution in [1.82, 2.24) is 15.3 Å². The van der Waals surface area contributed by atoms with E-state index in [0.717, 1.165) is 0 Å². The van der Waals surface area contributed by atoms with E-state index < -0.39 is 13.0 Å². The minimum Gasteiger partial charge on any atom is -0.481 e. The molecule has 9 heteroatoms. The van der Waals surface area contributed by atoms with Crippen LogP contribution in [0.5, 0.6) is 11.8 Å². The van der Waals surface area contributed by atoms with E-state index in [1.807, 2.05) is 0 Å². The van der Waals surface area contributed by atoms with E-state index >= 15 is 0 Å². The van der Waals surface area contributed by atoms with Crippen molar-refractivity contribution in [2.75, 3.05) is 13.7 Å². The van der Waals surface area contributed by atoms with Gasteiger partial charge in [-0.1, -0.05) is 0 Å². The Morgan fingerprint density at radius 3 is 2.70 bits per heavy atom. The minimum absolute atomic E-state index is 0.00485. The maximum absolute atomic E-state index is 12.3. The summed E-state index contributed by atoms with van der Waals surface area (Å²) >= 11 is 0. The smallest absolute Gasteiger partial charge is 0.272 e. The fourth-order valence-corrected chi connectivity index (χ4v) is 2.24. The van der Waals surface area contributed by atoms with E-state index in [1.165, 1.54) is 32.4 Å². The number of halogens is 2. The number of rotatable bonds is 9. The molecule has 0 aliphatic rings. The molecule has 1 N–H and O–H groups in total. The number of Topliss-reactive ketones (excluding diaryl/α,β-unsaturated/α-hetero) is 1. The Balaban J connectivity index is 2.03. The average Bonchev–Trinajstić information content (AvgIpc) is 2.64. The van der Waals surface area contributed by atoms with Crippen LogP contribution >= 0.6 is 0 Å². The molecule has 0 aliphatic heterocycles. The number of nitrogens with one attached hydrogen (secondary N) is 1. The van der Waals surface area contributed by atoms with Gasteiger partial charge in [-0.15, -0.1) is 0 Å². The first kappa shape index (κ1) is 20.2. The van der Waals surface area contributed by atoms with Crippen LogP contribution in [-0.4, -0.2) is 41.8 Å². The number of carbonyl (C=O) groups excluding carboxylic acids is 2. The highest BCUT2D eigenvalue weighted by Gasteiger charge is 2.12. The first-order valence-electron chi connectivity index (χ1n) is 8.06. The number of nitrogens with zero attached hydrogens (tertiary/aromatic N) is 2. The van der Waals surface area contributed by atoms with Crippen LogP contribution in [0.25, 0.3) is 0 Å². The number of hydrogen-bond acceptors (Lipinski definition) is 6. The van der Waals surface area contributed by atoms with Gasteiger partial charge in [0.25, 0.3) is 12.3 Å². The average molecular weight is 379 g/mol. The third-order valence-corrected chi connectivity index (χ3v) is 3.41. The van der Waals surface area contributed by atoms with Gasteiger partial charge < -0.3 is 14.8 Å². The molecule has 0 unspecified atom stereocenters. The Morgan fingerprint density at radius 2 is 2.04 bits per heavy atom. The molecule has 0 aromatic carbocycles. The lowest BCUT2D eigenvalue weighted by molar-refractivity contribution is -0.116. The summed E-state index contributed by atoms with van der Waals surface area (Å²) in [5, 5.41) is 2.71. The van der Waals surface area contributed by atoms with Gasteiger partial charge in [-0.2, -0.15) is 4.98 Å². The molecule has 7 nitrogen and oxygen atoms in total. The summed E-state index contributed by atoms with van der Waals surface area (Å²) in [6, 6.07) is 6.08. The molecule has 0 bridgehead atoms. The molecule has 0 saturated carbocycles. The van der Waals surface area contributed by atoms with Gasteiger partial charge in [0.15, 0.2) is 6.61 Å². The number of carbonyl (C=O) groups is 2. The molecule has 1 amide bonds. The zero-order chi connectivity index (χ0) is 19.8. The molecule has 2 heterocycles. The van der Waals surface area contributed by atoms with Crippen molar-refractivity contribution < 1.29 is 27.8 Å². The Labute approximate surface area is 154 Å². The predicted molar refractivity (Wildman–Crippen MR) is 92.1 cm³/mol. The summed E-state index contributed by atoms with van der Waals surface area (Å²) in [6.45, 7) is 0.785. The fraction of sp³-hybridized carbons (Fsp3) is 0.333. The van der Waals surface area contributed by atoms with Gasteiger partial charge >= 0.3 is 0 Å². The number of hydrogen-bond donors (Lipinski definition) is 1. The van der Waals surface area contributed by atoms with Gasteiger partial charge in [-0.25, -0.2) is 8.78 Å². The van der Waals surface area contributed by atoms with Crippen molar-refractivity contribution in [3.05, 3.63) is 47.3 Å². The Hall–Kier alpha value is -3.10. The van der Waals surface area contributed by atoms with Crippen LogP contribution in [-0.2, 0) is 17.8 Å². The molecule has 0 radical (unpaired) electrons. The molecule has 0 fully saturated rings. The first-order chi connectivity index (χ1) is 12.9. The van der Waals surface area contributed by atoms with Crippen molar-refractivity contribution in [2.24, 2.45) is 0 Å². The topological polar surface area (TPSA) is 90.4 Å². The predicted octanol–water partition coefficient (Wildman–Crippen LogP) is 2.19. The standard InChI is InChI=1S/C18H19F2N3O4/c1-11(24)7-14-8-12(5-6-21-14)17(25)22-9-13-3-4-16(23-18(13)26-2)27-10-15(19)20/h3-6,8,15H,7,9-10H2,1-2H3,(H,22,25). The summed E-state index contributed by atoms with van der Waals surface area (Å²) in [4.78, 5) is 31.5. The molecule has 144 valence electrons. The monoisotopic (exact) mass is 379 g/mol. The lowest BCUT2D eigenvalue weighted by Crippen LogP contribution is -2.23.